The Morgan fingerprint density at radius 1 is 1.05 bits per heavy atom. The summed E-state index contributed by atoms with van der Waals surface area (Å²) in [4.78, 5) is 32.0. The lowest BCUT2D eigenvalue weighted by Crippen LogP contribution is -2.62. The summed E-state index contributed by atoms with van der Waals surface area (Å²) >= 11 is 8.57. The number of rotatable bonds is 5. The van der Waals surface area contributed by atoms with Gasteiger partial charge in [-0.2, -0.15) is 0 Å². The molecule has 2 heterocycles. The van der Waals surface area contributed by atoms with Gasteiger partial charge in [-0.05, 0) is 90.8 Å². The molecular formula is C31H39ClN2O4S. The Bertz CT molecular complexity index is 1320. The molecule has 1 aromatic carbocycles. The molecule has 2 bridgehead atoms. The van der Waals surface area contributed by atoms with Crippen LogP contribution < -0.4 is 9.47 Å². The molecule has 2 aliphatic heterocycles. The minimum Gasteiger partial charge on any atom is -0.448 e. The van der Waals surface area contributed by atoms with E-state index in [2.05, 4.69) is 32.0 Å². The number of ketones is 1. The van der Waals surface area contributed by atoms with Crippen LogP contribution in [0.5, 0.6) is 11.5 Å². The van der Waals surface area contributed by atoms with E-state index in [0.717, 1.165) is 65.7 Å². The van der Waals surface area contributed by atoms with Crippen molar-refractivity contribution in [3.63, 3.8) is 0 Å². The van der Waals surface area contributed by atoms with Crippen molar-refractivity contribution in [2.45, 2.75) is 83.5 Å². The molecule has 8 heteroatoms. The van der Waals surface area contributed by atoms with E-state index in [4.69, 9.17) is 21.1 Å². The monoisotopic (exact) mass is 570 g/mol. The van der Waals surface area contributed by atoms with Crippen molar-refractivity contribution in [2.24, 2.45) is 5.41 Å². The van der Waals surface area contributed by atoms with Crippen LogP contribution in [0.1, 0.15) is 80.3 Å². The van der Waals surface area contributed by atoms with Gasteiger partial charge >= 0.3 is 0 Å². The van der Waals surface area contributed by atoms with Crippen LogP contribution in [0.3, 0.4) is 0 Å². The smallest absolute Gasteiger partial charge is 0.254 e. The summed E-state index contributed by atoms with van der Waals surface area (Å²) in [6, 6.07) is 0. The summed E-state index contributed by atoms with van der Waals surface area (Å²) in [6.45, 7) is 6.83. The Hall–Kier alpha value is -1.96. The van der Waals surface area contributed by atoms with E-state index in [9.17, 15) is 9.59 Å². The first-order chi connectivity index (χ1) is 18.4. The van der Waals surface area contributed by atoms with E-state index in [1.54, 1.807) is 16.7 Å². The van der Waals surface area contributed by atoms with E-state index in [1.165, 1.54) is 0 Å². The zero-order valence-electron chi connectivity index (χ0n) is 24.0. The third-order valence-corrected chi connectivity index (χ3v) is 11.8. The molecule has 6 nitrogen and oxygen atoms in total. The molecule has 1 aromatic rings. The van der Waals surface area contributed by atoms with E-state index in [0.29, 0.717) is 48.0 Å². The molecule has 1 unspecified atom stereocenters. The van der Waals surface area contributed by atoms with Crippen LogP contribution in [0.4, 0.5) is 0 Å². The lowest BCUT2D eigenvalue weighted by Gasteiger charge is -2.59. The van der Waals surface area contributed by atoms with Crippen LogP contribution in [0.25, 0.3) is 0 Å². The number of halogens is 1. The maximum atomic E-state index is 13.9. The average Bonchev–Trinajstić information content (AvgIpc) is 3.30. The number of Topliss-reactive ketones (excluding diaryl/α,β-unsaturated/α-hetero) is 1. The standard InChI is InChI=1S/C31H39ClN2O4S/c1-18-15-22(35)21(23(16-18)39-6)17-34-14-7-20-24(28(34)36)19(2)26-27(25(20)32)38-29(3,37-26)30-8-11-31(12-9-30,13-10-30)33(4)5/h16H,7-15,17H2,1-6H3. The number of benzene rings is 1. The Labute approximate surface area is 241 Å². The molecule has 0 N–H and O–H groups in total. The molecule has 3 fully saturated rings. The fourth-order valence-electron chi connectivity index (χ4n) is 7.80. The average molecular weight is 571 g/mol. The lowest BCUT2D eigenvalue weighted by molar-refractivity contribution is -0.211. The molecule has 39 heavy (non-hydrogen) atoms. The van der Waals surface area contributed by atoms with E-state index < -0.39 is 5.79 Å². The van der Waals surface area contributed by atoms with E-state index in [1.807, 2.05) is 20.1 Å². The van der Waals surface area contributed by atoms with E-state index in [-0.39, 0.29) is 22.6 Å². The number of thioether (sulfide) groups is 1. The van der Waals surface area contributed by atoms with Gasteiger partial charge in [0.15, 0.2) is 17.3 Å². The summed E-state index contributed by atoms with van der Waals surface area (Å²) < 4.78 is 13.5. The van der Waals surface area contributed by atoms with Gasteiger partial charge in [0.1, 0.15) is 0 Å². The molecule has 0 aromatic heterocycles. The molecule has 0 saturated heterocycles. The molecule has 4 aliphatic carbocycles. The normalized spacial score (nSPS) is 31.8. The molecule has 1 atom stereocenters. The number of carbonyl (C=O) groups excluding carboxylic acids is 2. The van der Waals surface area contributed by atoms with Gasteiger partial charge in [0.05, 0.1) is 17.1 Å². The first kappa shape index (κ1) is 27.2. The molecule has 6 aliphatic rings. The quantitative estimate of drug-likeness (QED) is 0.412. The summed E-state index contributed by atoms with van der Waals surface area (Å²) in [5.74, 6) is 0.402. The number of hydrogen-bond donors (Lipinski definition) is 0. The van der Waals surface area contributed by atoms with Gasteiger partial charge in [-0.3, -0.25) is 9.59 Å². The highest BCUT2D eigenvalue weighted by Gasteiger charge is 2.63. The maximum absolute atomic E-state index is 13.9. The number of fused-ring (bicyclic) bond motifs is 5. The highest BCUT2D eigenvalue weighted by atomic mass is 35.5. The molecule has 1 amide bonds. The minimum atomic E-state index is -0.813. The lowest BCUT2D eigenvalue weighted by atomic mass is 9.54. The topological polar surface area (TPSA) is 59.1 Å². The van der Waals surface area contributed by atoms with Crippen LogP contribution in [-0.4, -0.2) is 66.3 Å². The Morgan fingerprint density at radius 2 is 1.69 bits per heavy atom. The van der Waals surface area contributed by atoms with Crippen molar-refractivity contribution in [1.82, 2.24) is 9.80 Å². The fraction of sp³-hybridized carbons (Fsp3) is 0.613. The highest BCUT2D eigenvalue weighted by Crippen LogP contribution is 2.63. The third kappa shape index (κ3) is 3.93. The van der Waals surface area contributed by atoms with Crippen molar-refractivity contribution in [1.29, 1.82) is 0 Å². The Morgan fingerprint density at radius 3 is 2.31 bits per heavy atom. The van der Waals surface area contributed by atoms with Crippen LogP contribution in [0, 0.1) is 12.3 Å². The summed E-state index contributed by atoms with van der Waals surface area (Å²) in [5.41, 5.74) is 4.22. The van der Waals surface area contributed by atoms with Gasteiger partial charge in [-0.1, -0.05) is 17.2 Å². The molecule has 7 rings (SSSR count). The van der Waals surface area contributed by atoms with Gasteiger partial charge in [0.2, 0.25) is 0 Å². The second-order valence-electron chi connectivity index (χ2n) is 12.6. The molecule has 0 radical (unpaired) electrons. The Kier molecular flexibility index (Phi) is 6.48. The highest BCUT2D eigenvalue weighted by molar-refractivity contribution is 8.02. The zero-order chi connectivity index (χ0) is 27.9. The molecule has 210 valence electrons. The van der Waals surface area contributed by atoms with Crippen LogP contribution in [-0.2, 0) is 11.2 Å². The number of amides is 1. The maximum Gasteiger partial charge on any atom is 0.254 e. The first-order valence-corrected chi connectivity index (χ1v) is 15.7. The van der Waals surface area contributed by atoms with Gasteiger partial charge in [0, 0.05) is 46.9 Å². The number of carbonyl (C=O) groups is 2. The van der Waals surface area contributed by atoms with Crippen molar-refractivity contribution in [3.05, 3.63) is 43.8 Å². The first-order valence-electron chi connectivity index (χ1n) is 14.1. The van der Waals surface area contributed by atoms with Crippen molar-refractivity contribution >= 4 is 35.1 Å². The summed E-state index contributed by atoms with van der Waals surface area (Å²) in [7, 11) is 4.40. The largest absolute Gasteiger partial charge is 0.448 e. The SMILES string of the molecule is CSC1=C(CN2CCc3c(Cl)c4c(c(C)c3C2=O)OC(C)(C23CCC(N(C)C)(CC2)CC3)O4)C(=O)CC(C)=C1. The van der Waals surface area contributed by atoms with Gasteiger partial charge in [-0.15, -0.1) is 11.8 Å². The summed E-state index contributed by atoms with van der Waals surface area (Å²) in [6.07, 6.45) is 11.6. The van der Waals surface area contributed by atoms with Crippen LogP contribution in [0.2, 0.25) is 5.02 Å². The second-order valence-corrected chi connectivity index (χ2v) is 13.8. The van der Waals surface area contributed by atoms with Crippen molar-refractivity contribution in [3.8, 4) is 11.5 Å². The predicted octanol–water partition coefficient (Wildman–Crippen LogP) is 6.32. The molecule has 3 saturated carbocycles. The van der Waals surface area contributed by atoms with E-state index >= 15 is 0 Å². The third-order valence-electron chi connectivity index (χ3n) is 10.6. The van der Waals surface area contributed by atoms with Gasteiger partial charge < -0.3 is 19.3 Å². The number of nitrogens with zero attached hydrogens (tertiary/aromatic N) is 2. The fourth-order valence-corrected chi connectivity index (χ4v) is 8.85. The van der Waals surface area contributed by atoms with Gasteiger partial charge in [-0.25, -0.2) is 0 Å². The number of allylic oxidation sites excluding steroid dienone is 2. The van der Waals surface area contributed by atoms with Crippen molar-refractivity contribution in [2.75, 3.05) is 33.4 Å². The minimum absolute atomic E-state index is 0.0796. The van der Waals surface area contributed by atoms with Gasteiger partial charge in [0.25, 0.3) is 11.7 Å². The van der Waals surface area contributed by atoms with Crippen molar-refractivity contribution < 1.29 is 19.1 Å². The zero-order valence-corrected chi connectivity index (χ0v) is 25.5. The molecule has 0 spiro atoms. The van der Waals surface area contributed by atoms with Crippen LogP contribution >= 0.6 is 23.4 Å². The number of hydrogen-bond acceptors (Lipinski definition) is 6. The number of ether oxygens (including phenoxy) is 2. The van der Waals surface area contributed by atoms with Crippen LogP contribution in [0.15, 0.2) is 22.1 Å². The Balaban J connectivity index is 1.31. The predicted molar refractivity (Wildman–Crippen MR) is 156 cm³/mol. The molecular weight excluding hydrogens is 532 g/mol. The second kappa shape index (κ2) is 9.28. The summed E-state index contributed by atoms with van der Waals surface area (Å²) in [5, 5.41) is 0.504.